The lowest BCUT2D eigenvalue weighted by Crippen LogP contribution is -2.18. The van der Waals surface area contributed by atoms with Crippen LogP contribution in [0.1, 0.15) is 15.9 Å². The minimum absolute atomic E-state index is 0.204. The van der Waals surface area contributed by atoms with Crippen LogP contribution in [0.2, 0.25) is 0 Å². The molecule has 0 saturated carbocycles. The summed E-state index contributed by atoms with van der Waals surface area (Å²) in [6.45, 7) is 0. The molecule has 0 saturated heterocycles. The maximum Gasteiger partial charge on any atom is 0.416 e. The van der Waals surface area contributed by atoms with Gasteiger partial charge in [-0.1, -0.05) is 6.07 Å². The van der Waals surface area contributed by atoms with Crippen LogP contribution in [-0.4, -0.2) is 27.7 Å². The number of pyridine rings is 1. The molecule has 1 aromatic carbocycles. The van der Waals surface area contributed by atoms with Crippen molar-refractivity contribution >= 4 is 5.91 Å². The van der Waals surface area contributed by atoms with Crippen LogP contribution in [-0.2, 0) is 6.18 Å². The van der Waals surface area contributed by atoms with E-state index in [0.29, 0.717) is 11.3 Å². The van der Waals surface area contributed by atoms with E-state index in [9.17, 15) is 18.0 Å². The van der Waals surface area contributed by atoms with Crippen molar-refractivity contribution in [3.8, 4) is 16.9 Å². The lowest BCUT2D eigenvalue weighted by molar-refractivity contribution is -0.137. The van der Waals surface area contributed by atoms with Gasteiger partial charge >= 0.3 is 6.18 Å². The number of alkyl halides is 3. The van der Waals surface area contributed by atoms with Crippen molar-refractivity contribution in [1.29, 1.82) is 0 Å². The Bertz CT molecular complexity index is 904. The lowest BCUT2D eigenvalue weighted by atomic mass is 10.1. The van der Waals surface area contributed by atoms with Crippen LogP contribution in [0.15, 0.2) is 55.0 Å². The molecule has 5 nitrogen and oxygen atoms in total. The maximum atomic E-state index is 12.9. The number of benzene rings is 1. The topological polar surface area (TPSA) is 59.8 Å². The van der Waals surface area contributed by atoms with E-state index in [1.165, 1.54) is 36.3 Å². The Morgan fingerprint density at radius 2 is 2.00 bits per heavy atom. The molecule has 3 aromatic rings. The summed E-state index contributed by atoms with van der Waals surface area (Å²) in [4.78, 5) is 16.1. The molecule has 2 heterocycles. The Balaban J connectivity index is 2.13. The minimum Gasteiger partial charge on any atom is -0.355 e. The number of amides is 1. The van der Waals surface area contributed by atoms with Gasteiger partial charge in [0, 0.05) is 31.2 Å². The molecule has 0 unspecified atom stereocenters. The predicted octanol–water partition coefficient (Wildman–Crippen LogP) is 3.31. The number of nitrogens with one attached hydrogen (secondary N) is 1. The molecule has 0 bridgehead atoms. The standard InChI is InChI=1S/C17H13F3N4O/c1-21-16(25)14-10-24(23-15(14)11-4-3-7-22-9-11)13-6-2-5-12(8-13)17(18,19)20/h2-10H,1H3,(H,21,25). The number of hydrogen-bond acceptors (Lipinski definition) is 3. The third kappa shape index (κ3) is 3.37. The number of halogens is 3. The molecular weight excluding hydrogens is 333 g/mol. The summed E-state index contributed by atoms with van der Waals surface area (Å²) >= 11 is 0. The molecular formula is C17H13F3N4O. The van der Waals surface area contributed by atoms with Gasteiger partial charge in [0.05, 0.1) is 16.8 Å². The molecule has 0 fully saturated rings. The molecule has 3 rings (SSSR count). The highest BCUT2D eigenvalue weighted by Gasteiger charge is 2.30. The lowest BCUT2D eigenvalue weighted by Gasteiger charge is -2.08. The average molecular weight is 346 g/mol. The molecule has 0 aliphatic carbocycles. The highest BCUT2D eigenvalue weighted by Crippen LogP contribution is 2.31. The van der Waals surface area contributed by atoms with Crippen LogP contribution in [0.4, 0.5) is 13.2 Å². The zero-order valence-electron chi connectivity index (χ0n) is 13.1. The van der Waals surface area contributed by atoms with Crippen molar-refractivity contribution < 1.29 is 18.0 Å². The third-order valence-electron chi connectivity index (χ3n) is 3.56. The second-order valence-electron chi connectivity index (χ2n) is 5.20. The fraction of sp³-hybridized carbons (Fsp3) is 0.118. The molecule has 0 atom stereocenters. The Hall–Kier alpha value is -3.16. The smallest absolute Gasteiger partial charge is 0.355 e. The predicted molar refractivity (Wildman–Crippen MR) is 85.2 cm³/mol. The number of rotatable bonds is 3. The Morgan fingerprint density at radius 3 is 2.64 bits per heavy atom. The minimum atomic E-state index is -4.46. The largest absolute Gasteiger partial charge is 0.416 e. The second-order valence-corrected chi connectivity index (χ2v) is 5.20. The fourth-order valence-corrected chi connectivity index (χ4v) is 2.35. The van der Waals surface area contributed by atoms with E-state index in [2.05, 4.69) is 15.4 Å². The number of hydrogen-bond donors (Lipinski definition) is 1. The quantitative estimate of drug-likeness (QED) is 0.791. The SMILES string of the molecule is CNC(=O)c1cn(-c2cccc(C(F)(F)F)c2)nc1-c1cccnc1. The highest BCUT2D eigenvalue weighted by molar-refractivity contribution is 5.99. The Kier molecular flexibility index (Phi) is 4.26. The van der Waals surface area contributed by atoms with Gasteiger partial charge in [-0.25, -0.2) is 4.68 Å². The van der Waals surface area contributed by atoms with Crippen molar-refractivity contribution in [2.75, 3.05) is 7.05 Å². The molecule has 25 heavy (non-hydrogen) atoms. The molecule has 0 aliphatic heterocycles. The molecule has 1 N–H and O–H groups in total. The normalized spacial score (nSPS) is 11.4. The average Bonchev–Trinajstić information content (AvgIpc) is 3.06. The summed E-state index contributed by atoms with van der Waals surface area (Å²) in [6.07, 6.45) is 0.0493. The molecule has 0 spiro atoms. The third-order valence-corrected chi connectivity index (χ3v) is 3.56. The fourth-order valence-electron chi connectivity index (χ4n) is 2.35. The van der Waals surface area contributed by atoms with Crippen LogP contribution in [0.3, 0.4) is 0 Å². The second kappa shape index (κ2) is 6.39. The van der Waals surface area contributed by atoms with Gasteiger partial charge in [0.1, 0.15) is 5.69 Å². The Morgan fingerprint density at radius 1 is 1.20 bits per heavy atom. The van der Waals surface area contributed by atoms with E-state index in [1.807, 2.05) is 0 Å². The number of carbonyl (C=O) groups is 1. The van der Waals surface area contributed by atoms with Gasteiger partial charge < -0.3 is 5.32 Å². The van der Waals surface area contributed by atoms with Crippen LogP contribution in [0, 0.1) is 0 Å². The van der Waals surface area contributed by atoms with E-state index in [4.69, 9.17) is 0 Å². The van der Waals surface area contributed by atoms with E-state index in [-0.39, 0.29) is 11.3 Å². The number of nitrogens with zero attached hydrogens (tertiary/aromatic N) is 3. The summed E-state index contributed by atoms with van der Waals surface area (Å²) in [5.41, 5.74) is 0.588. The molecule has 8 heteroatoms. The Labute approximate surface area is 141 Å². The first-order valence-electron chi connectivity index (χ1n) is 7.30. The molecule has 1 amide bonds. The molecule has 0 radical (unpaired) electrons. The van der Waals surface area contributed by atoms with Crippen molar-refractivity contribution in [2.45, 2.75) is 6.18 Å². The summed E-state index contributed by atoms with van der Waals surface area (Å²) in [5.74, 6) is -0.392. The number of carbonyl (C=O) groups excluding carboxylic acids is 1. The van der Waals surface area contributed by atoms with Gasteiger partial charge in [-0.3, -0.25) is 9.78 Å². The number of aromatic nitrogens is 3. The van der Waals surface area contributed by atoms with E-state index in [1.54, 1.807) is 18.3 Å². The van der Waals surface area contributed by atoms with Gasteiger partial charge in [-0.05, 0) is 30.3 Å². The van der Waals surface area contributed by atoms with E-state index in [0.717, 1.165) is 12.1 Å². The summed E-state index contributed by atoms with van der Waals surface area (Å²) < 4.78 is 40.0. The van der Waals surface area contributed by atoms with Gasteiger partial charge in [-0.2, -0.15) is 18.3 Å². The van der Waals surface area contributed by atoms with Crippen molar-refractivity contribution in [1.82, 2.24) is 20.1 Å². The van der Waals surface area contributed by atoms with Crippen molar-refractivity contribution in [2.24, 2.45) is 0 Å². The highest BCUT2D eigenvalue weighted by atomic mass is 19.4. The molecule has 0 aliphatic rings. The van der Waals surface area contributed by atoms with Gasteiger partial charge in [-0.15, -0.1) is 0 Å². The maximum absolute atomic E-state index is 12.9. The van der Waals surface area contributed by atoms with Crippen LogP contribution >= 0.6 is 0 Å². The summed E-state index contributed by atoms with van der Waals surface area (Å²) in [5, 5.41) is 6.79. The zero-order valence-corrected chi connectivity index (χ0v) is 13.1. The molecule has 128 valence electrons. The van der Waals surface area contributed by atoms with E-state index < -0.39 is 17.6 Å². The van der Waals surface area contributed by atoms with Crippen LogP contribution in [0.5, 0.6) is 0 Å². The first kappa shape index (κ1) is 16.7. The summed E-state index contributed by atoms with van der Waals surface area (Å²) in [6, 6.07) is 8.15. The van der Waals surface area contributed by atoms with Crippen LogP contribution < -0.4 is 5.32 Å². The monoisotopic (exact) mass is 346 g/mol. The first-order chi connectivity index (χ1) is 11.9. The zero-order chi connectivity index (χ0) is 18.0. The first-order valence-corrected chi connectivity index (χ1v) is 7.30. The summed E-state index contributed by atoms with van der Waals surface area (Å²) in [7, 11) is 1.47. The van der Waals surface area contributed by atoms with Crippen molar-refractivity contribution in [3.05, 3.63) is 66.1 Å². The van der Waals surface area contributed by atoms with Gasteiger partial charge in [0.15, 0.2) is 0 Å². The van der Waals surface area contributed by atoms with Crippen LogP contribution in [0.25, 0.3) is 16.9 Å². The van der Waals surface area contributed by atoms with Gasteiger partial charge in [0.2, 0.25) is 0 Å². The van der Waals surface area contributed by atoms with E-state index >= 15 is 0 Å². The van der Waals surface area contributed by atoms with Crippen molar-refractivity contribution in [3.63, 3.8) is 0 Å². The molecule has 2 aromatic heterocycles. The van der Waals surface area contributed by atoms with Gasteiger partial charge in [0.25, 0.3) is 5.91 Å².